The highest BCUT2D eigenvalue weighted by molar-refractivity contribution is 7.13. The van der Waals surface area contributed by atoms with Gasteiger partial charge in [-0.3, -0.25) is 0 Å². The maximum atomic E-state index is 5.32. The zero-order valence-electron chi connectivity index (χ0n) is 13.6. The van der Waals surface area contributed by atoms with Crippen molar-refractivity contribution in [3.63, 3.8) is 0 Å². The molecule has 0 saturated heterocycles. The third kappa shape index (κ3) is 3.11. The van der Waals surface area contributed by atoms with Crippen LogP contribution in [0.1, 0.15) is 30.9 Å². The molecule has 0 amide bonds. The number of aryl methyl sites for hydroxylation is 2. The van der Waals surface area contributed by atoms with E-state index in [1.807, 2.05) is 17.5 Å². The van der Waals surface area contributed by atoms with Crippen molar-refractivity contribution in [3.8, 4) is 10.7 Å². The van der Waals surface area contributed by atoms with Crippen molar-refractivity contribution in [2.75, 3.05) is 6.54 Å². The predicted molar refractivity (Wildman–Crippen MR) is 90.5 cm³/mol. The molecule has 1 atom stereocenters. The van der Waals surface area contributed by atoms with Gasteiger partial charge >= 0.3 is 0 Å². The smallest absolute Gasteiger partial charge is 0.240 e. The number of fused-ring (bicyclic) bond motifs is 1. The Morgan fingerprint density at radius 1 is 1.42 bits per heavy atom. The fraction of sp³-hybridized carbons (Fsp3) is 0.500. The molecule has 4 rings (SSSR count). The molecule has 3 aromatic rings. The fourth-order valence-corrected chi connectivity index (χ4v) is 3.74. The predicted octanol–water partition coefficient (Wildman–Crippen LogP) is 2.30. The van der Waals surface area contributed by atoms with Gasteiger partial charge in [0.25, 0.3) is 0 Å². The van der Waals surface area contributed by atoms with Gasteiger partial charge in [0.15, 0.2) is 0 Å². The zero-order chi connectivity index (χ0) is 16.4. The summed E-state index contributed by atoms with van der Waals surface area (Å²) in [5.74, 6) is 4.10. The molecule has 0 saturated carbocycles. The molecule has 1 unspecified atom stereocenters. The maximum absolute atomic E-state index is 5.32. The van der Waals surface area contributed by atoms with Gasteiger partial charge in [-0.25, -0.2) is 0 Å². The summed E-state index contributed by atoms with van der Waals surface area (Å²) in [5, 5.41) is 18.0. The molecule has 0 fully saturated rings. The molecule has 126 valence electrons. The van der Waals surface area contributed by atoms with Gasteiger partial charge in [-0.2, -0.15) is 4.98 Å². The highest BCUT2D eigenvalue weighted by Crippen LogP contribution is 2.22. The van der Waals surface area contributed by atoms with Gasteiger partial charge in [0, 0.05) is 25.9 Å². The van der Waals surface area contributed by atoms with Crippen LogP contribution in [0.25, 0.3) is 10.7 Å². The summed E-state index contributed by atoms with van der Waals surface area (Å²) in [5.41, 5.74) is 0. The molecular formula is C16H20N6OS. The van der Waals surface area contributed by atoms with Gasteiger partial charge in [0.1, 0.15) is 11.6 Å². The molecule has 4 heterocycles. The van der Waals surface area contributed by atoms with Gasteiger partial charge in [0.2, 0.25) is 11.7 Å². The van der Waals surface area contributed by atoms with Gasteiger partial charge in [-0.15, -0.1) is 21.5 Å². The van der Waals surface area contributed by atoms with Crippen molar-refractivity contribution in [1.29, 1.82) is 0 Å². The van der Waals surface area contributed by atoms with Crippen molar-refractivity contribution >= 4 is 11.3 Å². The van der Waals surface area contributed by atoms with E-state index in [0.717, 1.165) is 48.9 Å². The van der Waals surface area contributed by atoms with Gasteiger partial charge < -0.3 is 14.4 Å². The van der Waals surface area contributed by atoms with Crippen LogP contribution in [0.2, 0.25) is 0 Å². The fourth-order valence-electron chi connectivity index (χ4n) is 3.09. The molecule has 1 aliphatic rings. The Kier molecular flexibility index (Phi) is 4.40. The van der Waals surface area contributed by atoms with Crippen LogP contribution in [-0.4, -0.2) is 31.4 Å². The van der Waals surface area contributed by atoms with Crippen LogP contribution < -0.4 is 5.32 Å². The summed E-state index contributed by atoms with van der Waals surface area (Å²) in [6, 6.07) is 3.98. The molecule has 0 aliphatic carbocycles. The van der Waals surface area contributed by atoms with Crippen LogP contribution >= 0.6 is 11.3 Å². The van der Waals surface area contributed by atoms with Crippen molar-refractivity contribution in [3.05, 3.63) is 35.1 Å². The Balaban J connectivity index is 1.30. The van der Waals surface area contributed by atoms with Crippen molar-refractivity contribution in [2.45, 2.75) is 39.3 Å². The summed E-state index contributed by atoms with van der Waals surface area (Å²) in [4.78, 5) is 5.47. The first-order valence-corrected chi connectivity index (χ1v) is 9.19. The lowest BCUT2D eigenvalue weighted by Crippen LogP contribution is -2.30. The van der Waals surface area contributed by atoms with Crippen molar-refractivity contribution in [2.24, 2.45) is 5.92 Å². The number of rotatable bonds is 6. The lowest BCUT2D eigenvalue weighted by Gasteiger charge is -2.24. The maximum Gasteiger partial charge on any atom is 0.240 e. The van der Waals surface area contributed by atoms with E-state index < -0.39 is 0 Å². The van der Waals surface area contributed by atoms with Crippen LogP contribution in [-0.2, 0) is 25.9 Å². The summed E-state index contributed by atoms with van der Waals surface area (Å²) >= 11 is 1.61. The number of aromatic nitrogens is 5. The Bertz CT molecular complexity index is 780. The van der Waals surface area contributed by atoms with Crippen LogP contribution in [0, 0.1) is 5.92 Å². The van der Waals surface area contributed by atoms with Gasteiger partial charge in [0.05, 0.1) is 11.4 Å². The Morgan fingerprint density at radius 3 is 3.21 bits per heavy atom. The highest BCUT2D eigenvalue weighted by atomic mass is 32.1. The molecule has 0 spiro atoms. The minimum Gasteiger partial charge on any atom is -0.338 e. The van der Waals surface area contributed by atoms with Crippen LogP contribution in [0.5, 0.6) is 0 Å². The molecule has 0 bridgehead atoms. The molecule has 24 heavy (non-hydrogen) atoms. The zero-order valence-corrected chi connectivity index (χ0v) is 14.4. The van der Waals surface area contributed by atoms with Crippen LogP contribution in [0.4, 0.5) is 0 Å². The van der Waals surface area contributed by atoms with Crippen LogP contribution in [0.3, 0.4) is 0 Å². The van der Waals surface area contributed by atoms with Crippen LogP contribution in [0.15, 0.2) is 22.0 Å². The molecule has 8 heteroatoms. The highest BCUT2D eigenvalue weighted by Gasteiger charge is 2.22. The molecular weight excluding hydrogens is 324 g/mol. The second kappa shape index (κ2) is 6.82. The quantitative estimate of drug-likeness (QED) is 0.739. The second-order valence-corrected chi connectivity index (χ2v) is 6.97. The number of thiophene rings is 1. The van der Waals surface area contributed by atoms with Crippen molar-refractivity contribution in [1.82, 2.24) is 30.2 Å². The minimum atomic E-state index is 0.582. The largest absolute Gasteiger partial charge is 0.338 e. The molecule has 3 aromatic heterocycles. The average Bonchev–Trinajstić information content (AvgIpc) is 3.34. The number of hydrogen-bond donors (Lipinski definition) is 1. The van der Waals surface area contributed by atoms with E-state index in [-0.39, 0.29) is 0 Å². The number of nitrogens with one attached hydrogen (secondary N) is 1. The normalized spacial score (nSPS) is 17.1. The first kappa shape index (κ1) is 15.5. The third-order valence-electron chi connectivity index (χ3n) is 4.36. The molecule has 1 N–H and O–H groups in total. The Labute approximate surface area is 144 Å². The van der Waals surface area contributed by atoms with E-state index in [4.69, 9.17) is 4.52 Å². The SMILES string of the molecule is CCc1nnc2n1CC(CNCc1nc(-c3cccs3)no1)CC2. The monoisotopic (exact) mass is 344 g/mol. The van der Waals surface area contributed by atoms with E-state index in [1.165, 1.54) is 0 Å². The second-order valence-electron chi connectivity index (χ2n) is 6.02. The summed E-state index contributed by atoms with van der Waals surface area (Å²) in [6.45, 7) is 4.64. The third-order valence-corrected chi connectivity index (χ3v) is 5.22. The Hall–Kier alpha value is -2.06. The van der Waals surface area contributed by atoms with Gasteiger partial charge in [-0.1, -0.05) is 18.1 Å². The van der Waals surface area contributed by atoms with E-state index in [2.05, 4.69) is 37.1 Å². The Morgan fingerprint density at radius 2 is 2.38 bits per heavy atom. The van der Waals surface area contributed by atoms with Crippen molar-refractivity contribution < 1.29 is 4.52 Å². The lowest BCUT2D eigenvalue weighted by molar-refractivity contribution is 0.324. The summed E-state index contributed by atoms with van der Waals surface area (Å²) < 4.78 is 7.59. The van der Waals surface area contributed by atoms with E-state index in [0.29, 0.717) is 24.2 Å². The van der Waals surface area contributed by atoms with E-state index in [9.17, 15) is 0 Å². The van der Waals surface area contributed by atoms with E-state index >= 15 is 0 Å². The summed E-state index contributed by atoms with van der Waals surface area (Å²) in [6.07, 6.45) is 3.07. The summed E-state index contributed by atoms with van der Waals surface area (Å²) in [7, 11) is 0. The molecule has 7 nitrogen and oxygen atoms in total. The first-order chi connectivity index (χ1) is 11.8. The van der Waals surface area contributed by atoms with Gasteiger partial charge in [-0.05, 0) is 23.8 Å². The molecule has 0 aromatic carbocycles. The first-order valence-electron chi connectivity index (χ1n) is 8.31. The minimum absolute atomic E-state index is 0.582. The van der Waals surface area contributed by atoms with E-state index in [1.54, 1.807) is 11.3 Å². The number of nitrogens with zero attached hydrogens (tertiary/aromatic N) is 5. The topological polar surface area (TPSA) is 81.7 Å². The molecule has 1 aliphatic heterocycles. The lowest BCUT2D eigenvalue weighted by atomic mass is 9.99. The average molecular weight is 344 g/mol. The number of hydrogen-bond acceptors (Lipinski definition) is 7. The molecule has 0 radical (unpaired) electrons. The standard InChI is InChI=1S/C16H20N6OS/c1-2-13-19-20-14-6-5-11(10-22(13)14)8-17-9-15-18-16(21-23-15)12-4-3-7-24-12/h3-4,7,11,17H,2,5-6,8-10H2,1H3.